The number of carbonyl (C=O) groups excluding carboxylic acids is 1. The van der Waals surface area contributed by atoms with Gasteiger partial charge in [-0.15, -0.1) is 0 Å². The first kappa shape index (κ1) is 14.5. The van der Waals surface area contributed by atoms with Gasteiger partial charge in [0.15, 0.2) is 0 Å². The Bertz CT molecular complexity index is 502. The molecule has 1 aromatic rings. The number of likely N-dealkylation sites (tertiary alicyclic amines) is 1. The van der Waals surface area contributed by atoms with Crippen LogP contribution in [0.3, 0.4) is 0 Å². The quantitative estimate of drug-likeness (QED) is 0.802. The van der Waals surface area contributed by atoms with Gasteiger partial charge in [-0.3, -0.25) is 9.69 Å². The zero-order valence-electron chi connectivity index (χ0n) is 12.9. The highest BCUT2D eigenvalue weighted by Crippen LogP contribution is 2.24. The molecule has 0 aliphatic carbocycles. The van der Waals surface area contributed by atoms with E-state index >= 15 is 0 Å². The maximum absolute atomic E-state index is 11.8. The van der Waals surface area contributed by atoms with Crippen molar-refractivity contribution in [2.45, 2.75) is 38.5 Å². The third-order valence-corrected chi connectivity index (χ3v) is 4.66. The predicted molar refractivity (Wildman–Crippen MR) is 78.6 cm³/mol. The SMILES string of the molecule is CC(=O)N1CCO[C@H]2CCN(Cc3nccn3C)CC[C@H]21. The van der Waals surface area contributed by atoms with E-state index < -0.39 is 0 Å². The molecule has 116 valence electrons. The average molecular weight is 292 g/mol. The van der Waals surface area contributed by atoms with E-state index in [-0.39, 0.29) is 18.1 Å². The Morgan fingerprint density at radius 1 is 1.38 bits per heavy atom. The standard InChI is InChI=1S/C15H24N4O2/c1-12(20)19-9-10-21-14-4-7-18(6-3-13(14)19)11-15-16-5-8-17(15)2/h5,8,13-14H,3-4,6-7,9-11H2,1-2H3/t13-,14+/m1/s1. The lowest BCUT2D eigenvalue weighted by Gasteiger charge is -2.39. The number of nitrogens with zero attached hydrogens (tertiary/aromatic N) is 4. The molecule has 0 aromatic carbocycles. The number of morpholine rings is 1. The molecule has 1 aromatic heterocycles. The van der Waals surface area contributed by atoms with Gasteiger partial charge in [-0.25, -0.2) is 4.98 Å². The molecule has 0 saturated carbocycles. The van der Waals surface area contributed by atoms with Crippen molar-refractivity contribution in [1.82, 2.24) is 19.4 Å². The van der Waals surface area contributed by atoms with E-state index in [0.29, 0.717) is 6.61 Å². The molecule has 3 rings (SSSR count). The van der Waals surface area contributed by atoms with Crippen molar-refractivity contribution in [3.05, 3.63) is 18.2 Å². The van der Waals surface area contributed by atoms with Crippen molar-refractivity contribution in [1.29, 1.82) is 0 Å². The van der Waals surface area contributed by atoms with Gasteiger partial charge in [0.25, 0.3) is 0 Å². The van der Waals surface area contributed by atoms with Crippen molar-refractivity contribution in [3.63, 3.8) is 0 Å². The summed E-state index contributed by atoms with van der Waals surface area (Å²) >= 11 is 0. The minimum Gasteiger partial charge on any atom is -0.374 e. The van der Waals surface area contributed by atoms with Crippen LogP contribution in [0.2, 0.25) is 0 Å². The number of imidazole rings is 1. The number of aromatic nitrogens is 2. The highest BCUT2D eigenvalue weighted by Gasteiger charge is 2.35. The Labute approximate surface area is 125 Å². The van der Waals surface area contributed by atoms with Crippen LogP contribution in [0, 0.1) is 0 Å². The largest absolute Gasteiger partial charge is 0.374 e. The predicted octanol–water partition coefficient (Wildman–Crippen LogP) is 0.632. The lowest BCUT2D eigenvalue weighted by Crippen LogP contribution is -2.52. The van der Waals surface area contributed by atoms with Gasteiger partial charge in [0.05, 0.1) is 25.3 Å². The zero-order valence-corrected chi connectivity index (χ0v) is 12.9. The van der Waals surface area contributed by atoms with E-state index in [4.69, 9.17) is 4.74 Å². The van der Waals surface area contributed by atoms with Crippen LogP contribution in [0.5, 0.6) is 0 Å². The molecule has 21 heavy (non-hydrogen) atoms. The second-order valence-electron chi connectivity index (χ2n) is 6.00. The second kappa shape index (κ2) is 6.15. The van der Waals surface area contributed by atoms with E-state index in [0.717, 1.165) is 44.8 Å². The number of ether oxygens (including phenoxy) is 1. The molecule has 0 spiro atoms. The highest BCUT2D eigenvalue weighted by molar-refractivity contribution is 5.73. The van der Waals surface area contributed by atoms with Crippen LogP contribution >= 0.6 is 0 Å². The van der Waals surface area contributed by atoms with Crippen LogP contribution in [0.4, 0.5) is 0 Å². The fourth-order valence-electron chi connectivity index (χ4n) is 3.43. The minimum absolute atomic E-state index is 0.172. The molecule has 2 fully saturated rings. The summed E-state index contributed by atoms with van der Waals surface area (Å²) in [6.45, 7) is 5.92. The molecule has 0 unspecified atom stereocenters. The summed E-state index contributed by atoms with van der Waals surface area (Å²) in [6.07, 6.45) is 5.98. The number of amides is 1. The van der Waals surface area contributed by atoms with Crippen LogP contribution in [-0.4, -0.2) is 63.6 Å². The van der Waals surface area contributed by atoms with E-state index in [1.807, 2.05) is 24.3 Å². The summed E-state index contributed by atoms with van der Waals surface area (Å²) in [6, 6.07) is 0.239. The molecule has 6 nitrogen and oxygen atoms in total. The third-order valence-electron chi connectivity index (χ3n) is 4.66. The van der Waals surface area contributed by atoms with Gasteiger partial charge in [0.1, 0.15) is 5.82 Å². The van der Waals surface area contributed by atoms with E-state index in [2.05, 4.69) is 14.5 Å². The van der Waals surface area contributed by atoms with Crippen molar-refractivity contribution in [2.24, 2.45) is 7.05 Å². The second-order valence-corrected chi connectivity index (χ2v) is 6.00. The van der Waals surface area contributed by atoms with Crippen molar-refractivity contribution in [3.8, 4) is 0 Å². The summed E-state index contributed by atoms with van der Waals surface area (Å²) in [5.74, 6) is 1.26. The smallest absolute Gasteiger partial charge is 0.219 e. The fraction of sp³-hybridized carbons (Fsp3) is 0.733. The summed E-state index contributed by atoms with van der Waals surface area (Å²) in [5.41, 5.74) is 0. The van der Waals surface area contributed by atoms with Crippen LogP contribution in [0.15, 0.2) is 12.4 Å². The van der Waals surface area contributed by atoms with Crippen LogP contribution in [0.25, 0.3) is 0 Å². The number of hydrogen-bond donors (Lipinski definition) is 0. The minimum atomic E-state index is 0.172. The van der Waals surface area contributed by atoms with E-state index in [1.54, 1.807) is 6.92 Å². The van der Waals surface area contributed by atoms with Gasteiger partial charge in [0, 0.05) is 46.0 Å². The molecular formula is C15H24N4O2. The van der Waals surface area contributed by atoms with Gasteiger partial charge < -0.3 is 14.2 Å². The summed E-state index contributed by atoms with van der Waals surface area (Å²) in [4.78, 5) is 20.6. The number of fused-ring (bicyclic) bond motifs is 1. The van der Waals surface area contributed by atoms with Gasteiger partial charge in [0.2, 0.25) is 5.91 Å². The van der Waals surface area contributed by atoms with Gasteiger partial charge >= 0.3 is 0 Å². The molecule has 2 atom stereocenters. The molecule has 2 aliphatic heterocycles. The molecule has 3 heterocycles. The third kappa shape index (κ3) is 3.11. The summed E-state index contributed by atoms with van der Waals surface area (Å²) in [7, 11) is 2.03. The Balaban J connectivity index is 1.65. The monoisotopic (exact) mass is 292 g/mol. The Morgan fingerprint density at radius 2 is 2.19 bits per heavy atom. The number of aryl methyl sites for hydroxylation is 1. The molecule has 2 saturated heterocycles. The fourth-order valence-corrected chi connectivity index (χ4v) is 3.43. The molecule has 2 aliphatic rings. The number of hydrogen-bond acceptors (Lipinski definition) is 4. The normalized spacial score (nSPS) is 27.2. The first-order chi connectivity index (χ1) is 10.1. The maximum Gasteiger partial charge on any atom is 0.219 e. The summed E-state index contributed by atoms with van der Waals surface area (Å²) in [5, 5.41) is 0. The Hall–Kier alpha value is -1.40. The van der Waals surface area contributed by atoms with Gasteiger partial charge in [-0.2, -0.15) is 0 Å². The lowest BCUT2D eigenvalue weighted by molar-refractivity contribution is -0.144. The molecule has 0 bridgehead atoms. The average Bonchev–Trinajstić information content (AvgIpc) is 2.75. The van der Waals surface area contributed by atoms with Crippen molar-refractivity contribution >= 4 is 5.91 Å². The Morgan fingerprint density at radius 3 is 2.90 bits per heavy atom. The van der Waals surface area contributed by atoms with Crippen molar-refractivity contribution < 1.29 is 9.53 Å². The van der Waals surface area contributed by atoms with Gasteiger partial charge in [-0.05, 0) is 12.8 Å². The number of rotatable bonds is 2. The summed E-state index contributed by atoms with van der Waals surface area (Å²) < 4.78 is 7.97. The zero-order chi connectivity index (χ0) is 14.8. The Kier molecular flexibility index (Phi) is 4.26. The van der Waals surface area contributed by atoms with E-state index in [1.165, 1.54) is 0 Å². The molecule has 1 amide bonds. The highest BCUT2D eigenvalue weighted by atomic mass is 16.5. The molecule has 0 N–H and O–H groups in total. The van der Waals surface area contributed by atoms with E-state index in [9.17, 15) is 4.79 Å². The van der Waals surface area contributed by atoms with Gasteiger partial charge in [-0.1, -0.05) is 0 Å². The topological polar surface area (TPSA) is 50.6 Å². The number of carbonyl (C=O) groups is 1. The first-order valence-electron chi connectivity index (χ1n) is 7.72. The lowest BCUT2D eigenvalue weighted by atomic mass is 10.0. The van der Waals surface area contributed by atoms with Crippen LogP contribution in [-0.2, 0) is 23.1 Å². The molecular weight excluding hydrogens is 268 g/mol. The van der Waals surface area contributed by atoms with Crippen molar-refractivity contribution in [2.75, 3.05) is 26.2 Å². The molecule has 0 radical (unpaired) electrons. The van der Waals surface area contributed by atoms with Crippen LogP contribution in [0.1, 0.15) is 25.6 Å². The van der Waals surface area contributed by atoms with Crippen LogP contribution < -0.4 is 0 Å². The first-order valence-corrected chi connectivity index (χ1v) is 7.72. The maximum atomic E-state index is 11.8. The molecule has 6 heteroatoms.